The zero-order valence-corrected chi connectivity index (χ0v) is 17.0. The molecule has 0 radical (unpaired) electrons. The van der Waals surface area contributed by atoms with Crippen molar-refractivity contribution in [2.24, 2.45) is 0 Å². The fourth-order valence-electron chi connectivity index (χ4n) is 3.46. The van der Waals surface area contributed by atoms with E-state index in [1.165, 1.54) is 17.0 Å². The van der Waals surface area contributed by atoms with E-state index in [4.69, 9.17) is 0 Å². The van der Waals surface area contributed by atoms with Gasteiger partial charge in [-0.25, -0.2) is 18.0 Å². The fourth-order valence-corrected chi connectivity index (χ4v) is 3.46. The number of nitrogens with zero attached hydrogens (tertiary/aromatic N) is 3. The molecule has 1 N–H and O–H groups in total. The minimum Gasteiger partial charge on any atom is -0.335 e. The van der Waals surface area contributed by atoms with Crippen molar-refractivity contribution >= 4 is 11.7 Å². The van der Waals surface area contributed by atoms with Crippen LogP contribution in [0.15, 0.2) is 36.4 Å². The lowest BCUT2D eigenvalue weighted by Crippen LogP contribution is -2.48. The molecule has 1 heterocycles. The van der Waals surface area contributed by atoms with Gasteiger partial charge in [0.05, 0.1) is 24.1 Å². The van der Waals surface area contributed by atoms with Crippen LogP contribution in [0.3, 0.4) is 0 Å². The van der Waals surface area contributed by atoms with E-state index in [0.717, 1.165) is 50.2 Å². The first-order valence-corrected chi connectivity index (χ1v) is 9.83. The molecule has 0 spiro atoms. The van der Waals surface area contributed by atoms with Crippen LogP contribution in [-0.4, -0.2) is 46.9 Å². The Morgan fingerprint density at radius 3 is 2.23 bits per heavy atom. The predicted octanol–water partition coefficient (Wildman–Crippen LogP) is 3.82. The Hall–Kier alpha value is -3.14. The first kappa shape index (κ1) is 22.5. The lowest BCUT2D eigenvalue weighted by Gasteiger charge is -2.32. The number of hydrogen-bond donors (Lipinski definition) is 1. The molecule has 1 aliphatic heterocycles. The van der Waals surface area contributed by atoms with Crippen LogP contribution in [0.1, 0.15) is 24.0 Å². The molecule has 0 bridgehead atoms. The Kier molecular flexibility index (Phi) is 7.11. The molecule has 3 rings (SSSR count). The van der Waals surface area contributed by atoms with Crippen molar-refractivity contribution in [1.29, 1.82) is 0 Å². The minimum atomic E-state index is -0.842. The van der Waals surface area contributed by atoms with Gasteiger partial charge in [-0.1, -0.05) is 6.07 Å². The molecule has 1 fully saturated rings. The second-order valence-electron chi connectivity index (χ2n) is 7.65. The summed E-state index contributed by atoms with van der Waals surface area (Å²) in [6.07, 6.45) is 1.49. The van der Waals surface area contributed by atoms with E-state index in [9.17, 15) is 28.1 Å². The molecule has 2 amide bonds. The number of urea groups is 1. The van der Waals surface area contributed by atoms with Crippen molar-refractivity contribution in [3.8, 4) is 0 Å². The number of piperidine rings is 1. The number of amides is 2. The average molecular weight is 436 g/mol. The molecule has 2 aromatic carbocycles. The van der Waals surface area contributed by atoms with Crippen LogP contribution in [0.4, 0.5) is 23.7 Å². The molecule has 1 saturated heterocycles. The van der Waals surface area contributed by atoms with Crippen molar-refractivity contribution in [3.05, 3.63) is 75.1 Å². The first-order valence-electron chi connectivity index (χ1n) is 9.83. The van der Waals surface area contributed by atoms with Gasteiger partial charge >= 0.3 is 6.03 Å². The number of nitro groups is 1. The molecule has 0 aliphatic carbocycles. The molecular formula is C21H23F3N4O3. The van der Waals surface area contributed by atoms with Gasteiger partial charge in [0.1, 0.15) is 17.5 Å². The summed E-state index contributed by atoms with van der Waals surface area (Å²) >= 11 is 0. The highest BCUT2D eigenvalue weighted by molar-refractivity contribution is 5.74. The van der Waals surface area contributed by atoms with Crippen LogP contribution >= 0.6 is 0 Å². The Labute approximate surface area is 177 Å². The summed E-state index contributed by atoms with van der Waals surface area (Å²) in [5, 5.41) is 13.7. The molecule has 7 nitrogen and oxygen atoms in total. The maximum atomic E-state index is 14.4. The van der Waals surface area contributed by atoms with Crippen LogP contribution in [-0.2, 0) is 13.1 Å². The summed E-state index contributed by atoms with van der Waals surface area (Å²) in [6, 6.07) is 5.58. The number of carbonyl (C=O) groups is 1. The number of likely N-dealkylation sites (tertiary alicyclic amines) is 1. The van der Waals surface area contributed by atoms with Gasteiger partial charge in [-0.15, -0.1) is 0 Å². The largest absolute Gasteiger partial charge is 0.335 e. The van der Waals surface area contributed by atoms with Crippen molar-refractivity contribution in [2.45, 2.75) is 32.0 Å². The summed E-state index contributed by atoms with van der Waals surface area (Å²) in [7, 11) is 1.99. The number of non-ortho nitro benzene ring substituents is 1. The third kappa shape index (κ3) is 5.94. The minimum absolute atomic E-state index is 0.0478. The van der Waals surface area contributed by atoms with E-state index in [2.05, 4.69) is 10.2 Å². The van der Waals surface area contributed by atoms with Crippen molar-refractivity contribution in [3.63, 3.8) is 0 Å². The standard InChI is InChI=1S/C21H23F3N4O3/c1-26-8-6-17(7-9-26)25-21(29)27(12-14-2-4-16(22)10-19(14)23)13-15-3-5-18(28(30)31)11-20(15)24/h2-5,10-11,17H,6-9,12-13H2,1H3,(H,25,29). The lowest BCUT2D eigenvalue weighted by atomic mass is 10.1. The Balaban J connectivity index is 1.81. The monoisotopic (exact) mass is 436 g/mol. The summed E-state index contributed by atoms with van der Waals surface area (Å²) in [6.45, 7) is 1.17. The fraction of sp³-hybridized carbons (Fsp3) is 0.381. The van der Waals surface area contributed by atoms with Gasteiger partial charge in [-0.05, 0) is 45.1 Å². The molecule has 10 heteroatoms. The van der Waals surface area contributed by atoms with Crippen molar-refractivity contribution < 1.29 is 22.9 Å². The second-order valence-corrected chi connectivity index (χ2v) is 7.65. The molecule has 1 aliphatic rings. The molecule has 0 atom stereocenters. The normalized spacial score (nSPS) is 15.0. The van der Waals surface area contributed by atoms with E-state index >= 15 is 0 Å². The third-order valence-corrected chi connectivity index (χ3v) is 5.32. The van der Waals surface area contributed by atoms with Crippen LogP contribution < -0.4 is 5.32 Å². The summed E-state index contributed by atoms with van der Waals surface area (Å²) in [4.78, 5) is 26.4. The number of nitrogens with one attached hydrogen (secondary N) is 1. The molecule has 0 unspecified atom stereocenters. The van der Waals surface area contributed by atoms with Crippen LogP contribution in [0.2, 0.25) is 0 Å². The number of halogens is 3. The number of carbonyl (C=O) groups excluding carboxylic acids is 1. The van der Waals surface area contributed by atoms with Crippen LogP contribution in [0.25, 0.3) is 0 Å². The molecule has 31 heavy (non-hydrogen) atoms. The first-order chi connectivity index (χ1) is 14.7. The zero-order chi connectivity index (χ0) is 22.5. The van der Waals surface area contributed by atoms with E-state index in [-0.39, 0.29) is 30.3 Å². The maximum absolute atomic E-state index is 14.4. The Morgan fingerprint density at radius 1 is 1.10 bits per heavy atom. The van der Waals surface area contributed by atoms with Gasteiger partial charge < -0.3 is 15.1 Å². The predicted molar refractivity (Wildman–Crippen MR) is 108 cm³/mol. The zero-order valence-electron chi connectivity index (χ0n) is 17.0. The topological polar surface area (TPSA) is 78.7 Å². The Bertz CT molecular complexity index is 965. The van der Waals surface area contributed by atoms with Gasteiger partial charge in [0.25, 0.3) is 5.69 Å². The van der Waals surface area contributed by atoms with Gasteiger partial charge in [-0.3, -0.25) is 10.1 Å². The highest BCUT2D eigenvalue weighted by Gasteiger charge is 2.24. The highest BCUT2D eigenvalue weighted by Crippen LogP contribution is 2.20. The molecule has 0 aromatic heterocycles. The average Bonchev–Trinajstić information content (AvgIpc) is 2.72. The summed E-state index contributed by atoms with van der Waals surface area (Å²) in [5.41, 5.74) is -0.290. The third-order valence-electron chi connectivity index (χ3n) is 5.32. The smallest absolute Gasteiger partial charge is 0.318 e. The number of nitro benzene ring substituents is 1. The summed E-state index contributed by atoms with van der Waals surface area (Å²) < 4.78 is 41.8. The number of rotatable bonds is 6. The van der Waals surface area contributed by atoms with E-state index in [1.54, 1.807) is 0 Å². The van der Waals surface area contributed by atoms with Gasteiger partial charge in [-0.2, -0.15) is 0 Å². The molecule has 166 valence electrons. The van der Waals surface area contributed by atoms with E-state index in [1.807, 2.05) is 7.05 Å². The van der Waals surface area contributed by atoms with Crippen LogP contribution in [0.5, 0.6) is 0 Å². The summed E-state index contributed by atoms with van der Waals surface area (Å²) in [5.74, 6) is -2.41. The van der Waals surface area contributed by atoms with Gasteiger partial charge in [0, 0.05) is 29.3 Å². The van der Waals surface area contributed by atoms with Gasteiger partial charge in [0.2, 0.25) is 0 Å². The van der Waals surface area contributed by atoms with Crippen LogP contribution in [0, 0.1) is 27.6 Å². The number of hydrogen-bond acceptors (Lipinski definition) is 4. The molecule has 0 saturated carbocycles. The SMILES string of the molecule is CN1CCC(NC(=O)N(Cc2ccc(F)cc2F)Cc2ccc([N+](=O)[O-])cc2F)CC1. The Morgan fingerprint density at radius 2 is 1.68 bits per heavy atom. The maximum Gasteiger partial charge on any atom is 0.318 e. The molecule has 2 aromatic rings. The quantitative estimate of drug-likeness (QED) is 0.552. The van der Waals surface area contributed by atoms with E-state index in [0.29, 0.717) is 0 Å². The highest BCUT2D eigenvalue weighted by atomic mass is 19.1. The second kappa shape index (κ2) is 9.78. The number of benzene rings is 2. The van der Waals surface area contributed by atoms with E-state index < -0.39 is 34.1 Å². The molecular weight excluding hydrogens is 413 g/mol. The van der Waals surface area contributed by atoms with Crippen molar-refractivity contribution in [2.75, 3.05) is 20.1 Å². The van der Waals surface area contributed by atoms with Crippen molar-refractivity contribution in [1.82, 2.24) is 15.1 Å². The lowest BCUT2D eigenvalue weighted by molar-refractivity contribution is -0.385. The van der Waals surface area contributed by atoms with Gasteiger partial charge in [0.15, 0.2) is 0 Å².